The molecule has 2 heteroatoms. The van der Waals surface area contributed by atoms with Crippen molar-refractivity contribution in [2.45, 2.75) is 0 Å². The van der Waals surface area contributed by atoms with Crippen LogP contribution in [-0.4, -0.2) is 9.13 Å². The van der Waals surface area contributed by atoms with Crippen LogP contribution in [0.3, 0.4) is 0 Å². The van der Waals surface area contributed by atoms with Crippen molar-refractivity contribution in [2.75, 3.05) is 0 Å². The molecule has 0 amide bonds. The molecule has 5 aromatic carbocycles. The molecule has 2 nitrogen and oxygen atoms in total. The van der Waals surface area contributed by atoms with E-state index in [0.717, 1.165) is 0 Å². The van der Waals surface area contributed by atoms with Crippen molar-refractivity contribution < 1.29 is 0 Å². The molecule has 0 spiro atoms. The average molecular weight is 423 g/mol. The van der Waals surface area contributed by atoms with Crippen molar-refractivity contribution in [1.82, 2.24) is 9.13 Å². The summed E-state index contributed by atoms with van der Waals surface area (Å²) in [4.78, 5) is 0. The zero-order valence-electron chi connectivity index (χ0n) is 18.4. The molecule has 2 aromatic heterocycles. The van der Waals surface area contributed by atoms with Crippen molar-refractivity contribution >= 4 is 43.6 Å². The maximum Gasteiger partial charge on any atom is 0.0562 e. The standard InChI is InChI=1S/C31H22N2/c1-32-28-13-7-5-11-24(28)26-19-27-25-12-6-8-14-29(25)33(31(27)20-30(26)32)23-17-15-22(16-18-23)21-9-3-2-4-10-21/h2-20H,1H3. The van der Waals surface area contributed by atoms with Gasteiger partial charge in [-0.1, -0.05) is 78.9 Å². The number of rotatable bonds is 2. The van der Waals surface area contributed by atoms with Crippen LogP contribution in [0.2, 0.25) is 0 Å². The zero-order chi connectivity index (χ0) is 21.9. The first kappa shape index (κ1) is 18.3. The molecule has 0 saturated carbocycles. The van der Waals surface area contributed by atoms with Gasteiger partial charge < -0.3 is 9.13 Å². The first-order chi connectivity index (χ1) is 16.3. The van der Waals surface area contributed by atoms with E-state index in [9.17, 15) is 0 Å². The third-order valence-electron chi connectivity index (χ3n) is 6.94. The van der Waals surface area contributed by atoms with Crippen LogP contribution in [0.1, 0.15) is 0 Å². The molecule has 7 aromatic rings. The maximum atomic E-state index is 2.40. The van der Waals surface area contributed by atoms with Crippen LogP contribution in [0.5, 0.6) is 0 Å². The van der Waals surface area contributed by atoms with Crippen LogP contribution in [0.15, 0.2) is 115 Å². The Bertz CT molecular complexity index is 1800. The molecule has 0 unspecified atom stereocenters. The van der Waals surface area contributed by atoms with Gasteiger partial charge in [-0.05, 0) is 47.5 Å². The predicted molar refractivity (Wildman–Crippen MR) is 140 cm³/mol. The number of aryl methyl sites for hydroxylation is 1. The molecule has 0 aliphatic rings. The van der Waals surface area contributed by atoms with Crippen LogP contribution in [0.4, 0.5) is 0 Å². The Hall–Kier alpha value is -4.30. The fourth-order valence-corrected chi connectivity index (χ4v) is 5.33. The van der Waals surface area contributed by atoms with E-state index in [1.54, 1.807) is 0 Å². The number of hydrogen-bond acceptors (Lipinski definition) is 0. The second-order valence-corrected chi connectivity index (χ2v) is 8.73. The zero-order valence-corrected chi connectivity index (χ0v) is 18.4. The number of aromatic nitrogens is 2. The molecule has 0 radical (unpaired) electrons. The minimum atomic E-state index is 1.18. The highest BCUT2D eigenvalue weighted by atomic mass is 15.0. The first-order valence-corrected chi connectivity index (χ1v) is 11.4. The van der Waals surface area contributed by atoms with Crippen LogP contribution >= 0.6 is 0 Å². The third-order valence-corrected chi connectivity index (χ3v) is 6.94. The Morgan fingerprint density at radius 1 is 0.424 bits per heavy atom. The Labute approximate surface area is 191 Å². The normalized spacial score (nSPS) is 11.8. The molecular formula is C31H22N2. The summed E-state index contributed by atoms with van der Waals surface area (Å²) in [5, 5.41) is 5.19. The first-order valence-electron chi connectivity index (χ1n) is 11.4. The van der Waals surface area contributed by atoms with E-state index >= 15 is 0 Å². The number of fused-ring (bicyclic) bond motifs is 6. The van der Waals surface area contributed by atoms with Crippen molar-refractivity contribution in [3.8, 4) is 16.8 Å². The Morgan fingerprint density at radius 2 is 1.00 bits per heavy atom. The van der Waals surface area contributed by atoms with Gasteiger partial charge in [0.05, 0.1) is 16.6 Å². The number of nitrogens with zero attached hydrogens (tertiary/aromatic N) is 2. The Balaban J connectivity index is 1.54. The molecule has 0 N–H and O–H groups in total. The van der Waals surface area contributed by atoms with Crippen LogP contribution in [-0.2, 0) is 7.05 Å². The van der Waals surface area contributed by atoms with Gasteiger partial charge in [-0.2, -0.15) is 0 Å². The third kappa shape index (κ3) is 2.61. The molecule has 0 bridgehead atoms. The summed E-state index contributed by atoms with van der Waals surface area (Å²) in [7, 11) is 2.16. The van der Waals surface area contributed by atoms with E-state index in [0.29, 0.717) is 0 Å². The highest BCUT2D eigenvalue weighted by molar-refractivity contribution is 6.18. The van der Waals surface area contributed by atoms with Gasteiger partial charge in [0.1, 0.15) is 0 Å². The van der Waals surface area contributed by atoms with Gasteiger partial charge in [-0.3, -0.25) is 0 Å². The molecule has 0 aliphatic heterocycles. The minimum absolute atomic E-state index is 1.18. The molecule has 0 atom stereocenters. The summed E-state index contributed by atoms with van der Waals surface area (Å²) < 4.78 is 4.71. The second-order valence-electron chi connectivity index (χ2n) is 8.73. The van der Waals surface area contributed by atoms with E-state index in [-0.39, 0.29) is 0 Å². The van der Waals surface area contributed by atoms with Gasteiger partial charge in [0.15, 0.2) is 0 Å². The van der Waals surface area contributed by atoms with E-state index < -0.39 is 0 Å². The van der Waals surface area contributed by atoms with Gasteiger partial charge in [0.2, 0.25) is 0 Å². The topological polar surface area (TPSA) is 9.86 Å². The maximum absolute atomic E-state index is 2.40. The highest BCUT2D eigenvalue weighted by Crippen LogP contribution is 2.38. The van der Waals surface area contributed by atoms with Crippen molar-refractivity contribution in [2.24, 2.45) is 7.05 Å². The molecule has 156 valence electrons. The fraction of sp³-hybridized carbons (Fsp3) is 0.0323. The van der Waals surface area contributed by atoms with Crippen LogP contribution in [0, 0.1) is 0 Å². The average Bonchev–Trinajstić information content (AvgIpc) is 3.35. The molecule has 0 aliphatic carbocycles. The van der Waals surface area contributed by atoms with Gasteiger partial charge in [-0.15, -0.1) is 0 Å². The quantitative estimate of drug-likeness (QED) is 0.266. The van der Waals surface area contributed by atoms with Gasteiger partial charge >= 0.3 is 0 Å². The summed E-state index contributed by atoms with van der Waals surface area (Å²) in [6, 6.07) is 41.6. The van der Waals surface area contributed by atoms with Crippen LogP contribution < -0.4 is 0 Å². The van der Waals surface area contributed by atoms with Gasteiger partial charge in [0, 0.05) is 39.8 Å². The van der Waals surface area contributed by atoms with E-state index in [2.05, 4.69) is 131 Å². The van der Waals surface area contributed by atoms with Crippen molar-refractivity contribution in [3.63, 3.8) is 0 Å². The molecule has 2 heterocycles. The number of para-hydroxylation sites is 2. The largest absolute Gasteiger partial charge is 0.344 e. The van der Waals surface area contributed by atoms with Crippen molar-refractivity contribution in [3.05, 3.63) is 115 Å². The lowest BCUT2D eigenvalue weighted by Crippen LogP contribution is -1.94. The summed E-state index contributed by atoms with van der Waals surface area (Å²) in [5.41, 5.74) is 8.65. The smallest absolute Gasteiger partial charge is 0.0562 e. The number of benzene rings is 5. The molecular weight excluding hydrogens is 400 g/mol. The van der Waals surface area contributed by atoms with Crippen LogP contribution in [0.25, 0.3) is 60.4 Å². The second kappa shape index (κ2) is 6.85. The Kier molecular flexibility index (Phi) is 3.80. The minimum Gasteiger partial charge on any atom is -0.344 e. The summed E-state index contributed by atoms with van der Waals surface area (Å²) >= 11 is 0. The van der Waals surface area contributed by atoms with Gasteiger partial charge in [-0.25, -0.2) is 0 Å². The van der Waals surface area contributed by atoms with E-state index in [1.807, 2.05) is 0 Å². The lowest BCUT2D eigenvalue weighted by atomic mass is 10.1. The lowest BCUT2D eigenvalue weighted by Gasteiger charge is -2.10. The molecule has 0 saturated heterocycles. The number of hydrogen-bond donors (Lipinski definition) is 0. The highest BCUT2D eigenvalue weighted by Gasteiger charge is 2.16. The SMILES string of the molecule is Cn1c2ccccc2c2cc3c4ccccc4n(-c4ccc(-c5ccccc5)cc4)c3cc21. The van der Waals surface area contributed by atoms with Gasteiger partial charge in [0.25, 0.3) is 0 Å². The summed E-state index contributed by atoms with van der Waals surface area (Å²) in [5.74, 6) is 0. The fourth-order valence-electron chi connectivity index (χ4n) is 5.33. The van der Waals surface area contributed by atoms with E-state index in [1.165, 1.54) is 60.4 Å². The summed E-state index contributed by atoms with van der Waals surface area (Å²) in [6.45, 7) is 0. The lowest BCUT2D eigenvalue weighted by molar-refractivity contribution is 1.01. The Morgan fingerprint density at radius 3 is 1.76 bits per heavy atom. The van der Waals surface area contributed by atoms with E-state index in [4.69, 9.17) is 0 Å². The molecule has 33 heavy (non-hydrogen) atoms. The monoisotopic (exact) mass is 422 g/mol. The van der Waals surface area contributed by atoms with Crippen molar-refractivity contribution in [1.29, 1.82) is 0 Å². The molecule has 0 fully saturated rings. The molecule has 7 rings (SSSR count). The predicted octanol–water partition coefficient (Wildman–Crippen LogP) is 8.10. The summed E-state index contributed by atoms with van der Waals surface area (Å²) in [6.07, 6.45) is 0.